The Hall–Kier alpha value is -0.820. The van der Waals surface area contributed by atoms with Crippen molar-refractivity contribution < 1.29 is 5.11 Å². The molecule has 0 saturated carbocycles. The lowest BCUT2D eigenvalue weighted by Crippen LogP contribution is -2.17. The Morgan fingerprint density at radius 2 is 2.12 bits per heavy atom. The van der Waals surface area contributed by atoms with E-state index in [1.165, 1.54) is 5.57 Å². The van der Waals surface area contributed by atoms with Gasteiger partial charge in [0.2, 0.25) is 0 Å². The van der Waals surface area contributed by atoms with Crippen molar-refractivity contribution in [2.24, 2.45) is 5.92 Å². The summed E-state index contributed by atoms with van der Waals surface area (Å²) in [6.07, 6.45) is 6.90. The topological polar surface area (TPSA) is 20.2 Å². The highest BCUT2D eigenvalue weighted by Gasteiger charge is 2.17. The molecular formula is C15H24O. The van der Waals surface area contributed by atoms with Crippen LogP contribution in [0.3, 0.4) is 0 Å². The molecule has 0 aromatic rings. The van der Waals surface area contributed by atoms with Gasteiger partial charge in [0, 0.05) is 0 Å². The minimum absolute atomic E-state index is 0.353. The van der Waals surface area contributed by atoms with Gasteiger partial charge in [0.1, 0.15) is 0 Å². The molecule has 0 fully saturated rings. The minimum Gasteiger partial charge on any atom is -0.389 e. The van der Waals surface area contributed by atoms with E-state index in [-0.39, 0.29) is 6.10 Å². The van der Waals surface area contributed by atoms with Crippen molar-refractivity contribution in [1.29, 1.82) is 0 Å². The molecule has 1 rings (SSSR count). The number of aliphatic hydroxyl groups excluding tert-OH is 1. The third kappa shape index (κ3) is 3.97. The van der Waals surface area contributed by atoms with Crippen LogP contribution in [0.1, 0.15) is 46.0 Å². The summed E-state index contributed by atoms with van der Waals surface area (Å²) >= 11 is 0. The first kappa shape index (κ1) is 13.2. The Kier molecular flexibility index (Phi) is 5.01. The summed E-state index contributed by atoms with van der Waals surface area (Å²) in [6, 6.07) is 0. The molecule has 0 saturated heterocycles. The van der Waals surface area contributed by atoms with Crippen LogP contribution < -0.4 is 0 Å². The summed E-state index contributed by atoms with van der Waals surface area (Å²) in [4.78, 5) is 0. The molecule has 16 heavy (non-hydrogen) atoms. The average Bonchev–Trinajstić information content (AvgIpc) is 2.22. The molecule has 1 unspecified atom stereocenters. The zero-order valence-corrected chi connectivity index (χ0v) is 10.6. The van der Waals surface area contributed by atoms with Gasteiger partial charge in [-0.15, -0.1) is 0 Å². The molecule has 1 nitrogen and oxygen atoms in total. The van der Waals surface area contributed by atoms with Crippen LogP contribution in [0.2, 0.25) is 0 Å². The van der Waals surface area contributed by atoms with Crippen LogP contribution in [0.15, 0.2) is 36.0 Å². The largest absolute Gasteiger partial charge is 0.389 e. The van der Waals surface area contributed by atoms with E-state index in [0.717, 1.165) is 43.3 Å². The second-order valence-corrected chi connectivity index (χ2v) is 5.09. The third-order valence-corrected chi connectivity index (χ3v) is 3.50. The van der Waals surface area contributed by atoms with Crippen molar-refractivity contribution in [1.82, 2.24) is 0 Å². The highest BCUT2D eigenvalue weighted by molar-refractivity contribution is 5.11. The average molecular weight is 220 g/mol. The fraction of sp³-hybridized carbons (Fsp3) is 0.600. The molecular weight excluding hydrogens is 196 g/mol. The van der Waals surface area contributed by atoms with Gasteiger partial charge in [-0.25, -0.2) is 0 Å². The van der Waals surface area contributed by atoms with E-state index in [1.807, 2.05) is 0 Å². The molecule has 90 valence electrons. The van der Waals surface area contributed by atoms with Gasteiger partial charge in [-0.1, -0.05) is 30.4 Å². The first-order chi connectivity index (χ1) is 7.50. The molecule has 1 aliphatic rings. The van der Waals surface area contributed by atoms with E-state index in [4.69, 9.17) is 0 Å². The monoisotopic (exact) mass is 220 g/mol. The molecule has 0 spiro atoms. The predicted octanol–water partition coefficient (Wildman–Crippen LogP) is 4.01. The molecule has 0 aromatic heterocycles. The zero-order chi connectivity index (χ0) is 12.1. The molecule has 1 aliphatic carbocycles. The van der Waals surface area contributed by atoms with Gasteiger partial charge in [-0.2, -0.15) is 0 Å². The van der Waals surface area contributed by atoms with Gasteiger partial charge in [-0.05, 0) is 57.4 Å². The maximum atomic E-state index is 10.0. The van der Waals surface area contributed by atoms with E-state index >= 15 is 0 Å². The lowest BCUT2D eigenvalue weighted by atomic mass is 9.86. The Labute approximate surface area is 99.6 Å². The first-order valence-electron chi connectivity index (χ1n) is 6.17. The molecule has 0 radical (unpaired) electrons. The fourth-order valence-corrected chi connectivity index (χ4v) is 2.14. The smallest absolute Gasteiger partial charge is 0.0753 e. The Bertz CT molecular complexity index is 299. The normalized spacial score (nSPS) is 31.7. The molecule has 0 aliphatic heterocycles. The minimum atomic E-state index is -0.353. The number of rotatable bonds is 1. The van der Waals surface area contributed by atoms with Gasteiger partial charge in [0.15, 0.2) is 0 Å². The van der Waals surface area contributed by atoms with E-state index in [9.17, 15) is 5.11 Å². The molecule has 1 heteroatoms. The second-order valence-electron chi connectivity index (χ2n) is 5.09. The number of hydrogen-bond acceptors (Lipinski definition) is 1. The van der Waals surface area contributed by atoms with Gasteiger partial charge < -0.3 is 5.11 Å². The molecule has 1 N–H and O–H groups in total. The Morgan fingerprint density at radius 1 is 1.44 bits per heavy atom. The van der Waals surface area contributed by atoms with Crippen LogP contribution >= 0.6 is 0 Å². The van der Waals surface area contributed by atoms with Crippen molar-refractivity contribution in [2.45, 2.75) is 52.1 Å². The lowest BCUT2D eigenvalue weighted by Gasteiger charge is -2.22. The number of aliphatic hydroxyl groups is 1. The summed E-state index contributed by atoms with van der Waals surface area (Å²) in [5.74, 6) is 0.389. The molecule has 0 bridgehead atoms. The van der Waals surface area contributed by atoms with E-state index in [0.29, 0.717) is 5.92 Å². The van der Waals surface area contributed by atoms with Gasteiger partial charge >= 0.3 is 0 Å². The summed E-state index contributed by atoms with van der Waals surface area (Å²) in [5, 5.41) is 10.0. The first-order valence-corrected chi connectivity index (χ1v) is 6.17. The van der Waals surface area contributed by atoms with E-state index in [2.05, 4.69) is 33.1 Å². The molecule has 2 atom stereocenters. The van der Waals surface area contributed by atoms with Crippen LogP contribution in [0.4, 0.5) is 0 Å². The summed E-state index contributed by atoms with van der Waals surface area (Å²) in [5.41, 5.74) is 3.60. The quantitative estimate of drug-likeness (QED) is 0.662. The summed E-state index contributed by atoms with van der Waals surface area (Å²) in [6.45, 7) is 12.2. The summed E-state index contributed by atoms with van der Waals surface area (Å²) in [7, 11) is 0. The Balaban J connectivity index is 2.77. The highest BCUT2D eigenvalue weighted by atomic mass is 16.3. The van der Waals surface area contributed by atoms with Crippen LogP contribution in [0, 0.1) is 5.92 Å². The van der Waals surface area contributed by atoms with Crippen molar-refractivity contribution in [2.75, 3.05) is 0 Å². The van der Waals surface area contributed by atoms with Crippen molar-refractivity contribution >= 4 is 0 Å². The van der Waals surface area contributed by atoms with Crippen LogP contribution in [0.25, 0.3) is 0 Å². The second kappa shape index (κ2) is 6.05. The third-order valence-electron chi connectivity index (χ3n) is 3.50. The van der Waals surface area contributed by atoms with Gasteiger partial charge in [0.05, 0.1) is 6.10 Å². The zero-order valence-electron chi connectivity index (χ0n) is 10.6. The number of allylic oxidation sites excluding steroid dienone is 3. The van der Waals surface area contributed by atoms with Crippen molar-refractivity contribution in [3.63, 3.8) is 0 Å². The molecule has 0 amide bonds. The highest BCUT2D eigenvalue weighted by Crippen LogP contribution is 2.27. The SMILES string of the molecule is C=C1CCC/C(C)=C\C[C@@H](C(=C)C)CC1O. The lowest BCUT2D eigenvalue weighted by molar-refractivity contribution is 0.178. The standard InChI is InChI=1S/C15H24O/c1-11(2)14-9-8-12(3)6-5-7-13(4)15(16)10-14/h8,14-16H,1,4-7,9-10H2,2-3H3/b12-8-/t14-,15?/m1/s1. The van der Waals surface area contributed by atoms with Gasteiger partial charge in [0.25, 0.3) is 0 Å². The van der Waals surface area contributed by atoms with Crippen LogP contribution in [-0.4, -0.2) is 11.2 Å². The van der Waals surface area contributed by atoms with Crippen LogP contribution in [0.5, 0.6) is 0 Å². The fourth-order valence-electron chi connectivity index (χ4n) is 2.14. The van der Waals surface area contributed by atoms with Gasteiger partial charge in [-0.3, -0.25) is 0 Å². The maximum absolute atomic E-state index is 10.0. The van der Waals surface area contributed by atoms with Crippen molar-refractivity contribution in [3.05, 3.63) is 36.0 Å². The van der Waals surface area contributed by atoms with Crippen molar-refractivity contribution in [3.8, 4) is 0 Å². The maximum Gasteiger partial charge on any atom is 0.0753 e. The van der Waals surface area contributed by atoms with E-state index < -0.39 is 0 Å². The molecule has 0 aromatic carbocycles. The van der Waals surface area contributed by atoms with E-state index in [1.54, 1.807) is 0 Å². The van der Waals surface area contributed by atoms with Crippen LogP contribution in [-0.2, 0) is 0 Å². The number of hydrogen-bond donors (Lipinski definition) is 1. The Morgan fingerprint density at radius 3 is 2.75 bits per heavy atom. The summed E-state index contributed by atoms with van der Waals surface area (Å²) < 4.78 is 0. The predicted molar refractivity (Wildman–Crippen MR) is 70.3 cm³/mol. The molecule has 0 heterocycles.